The van der Waals surface area contributed by atoms with Crippen molar-refractivity contribution < 1.29 is 8.98 Å². The number of halogens is 1. The highest BCUT2D eigenvalue weighted by molar-refractivity contribution is 7.71. The van der Waals surface area contributed by atoms with E-state index in [1.54, 1.807) is 12.3 Å². The van der Waals surface area contributed by atoms with E-state index in [1.165, 1.54) is 12.5 Å². The molecule has 0 saturated heterocycles. The van der Waals surface area contributed by atoms with Crippen molar-refractivity contribution in [3.05, 3.63) is 29.9 Å². The summed E-state index contributed by atoms with van der Waals surface area (Å²) in [5.41, 5.74) is 0.518. The van der Waals surface area contributed by atoms with E-state index in [-0.39, 0.29) is 5.15 Å². The minimum atomic E-state index is -2.41. The van der Waals surface area contributed by atoms with Gasteiger partial charge >= 0.3 is 0 Å². The second-order valence-corrected chi connectivity index (χ2v) is 7.80. The molecule has 0 aromatic carbocycles. The average molecular weight is 285 g/mol. The maximum Gasteiger partial charge on any atom is 0.164 e. The Morgan fingerprint density at radius 1 is 1.33 bits per heavy atom. The molecule has 2 heterocycles. The van der Waals surface area contributed by atoms with Crippen LogP contribution in [0.15, 0.2) is 29.1 Å². The molecular weight excluding hydrogens is 271 g/mol. The Morgan fingerprint density at radius 3 is 2.67 bits per heavy atom. The fourth-order valence-corrected chi connectivity index (χ4v) is 3.98. The molecule has 0 saturated carbocycles. The van der Waals surface area contributed by atoms with Crippen molar-refractivity contribution >= 4 is 24.0 Å². The Balaban J connectivity index is 2.55. The minimum absolute atomic E-state index is 0.290. The molecule has 0 aliphatic rings. The molecule has 6 heteroatoms. The van der Waals surface area contributed by atoms with Crippen LogP contribution in [0.1, 0.15) is 13.8 Å². The quantitative estimate of drug-likeness (QED) is 0.807. The van der Waals surface area contributed by atoms with Crippen molar-refractivity contribution in [1.29, 1.82) is 0 Å². The summed E-state index contributed by atoms with van der Waals surface area (Å²) in [6, 6.07) is 1.76. The van der Waals surface area contributed by atoms with Crippen LogP contribution in [0, 0.1) is 0 Å². The van der Waals surface area contributed by atoms with Crippen molar-refractivity contribution in [2.45, 2.75) is 13.8 Å². The van der Waals surface area contributed by atoms with Crippen LogP contribution < -0.4 is 5.30 Å². The molecule has 2 aromatic rings. The number of rotatable bonds is 4. The Kier molecular flexibility index (Phi) is 3.88. The molecule has 0 aliphatic heterocycles. The lowest BCUT2D eigenvalue weighted by molar-refractivity contribution is 0.575. The zero-order chi connectivity index (χ0) is 13.2. The standard InChI is InChI=1S/C12H14ClN2O2P/c1-3-18(16,4-2)10-5-6-17-12(10)9-7-14-8-11(13)15-9/h5-8H,3-4H2,1-2H3. The molecule has 0 spiro atoms. The topological polar surface area (TPSA) is 56.0 Å². The van der Waals surface area contributed by atoms with Crippen LogP contribution >= 0.6 is 18.7 Å². The summed E-state index contributed by atoms with van der Waals surface area (Å²) in [4.78, 5) is 8.12. The Morgan fingerprint density at radius 2 is 2.06 bits per heavy atom. The molecule has 0 aliphatic carbocycles. The van der Waals surface area contributed by atoms with E-state index in [0.717, 1.165) is 5.30 Å². The Hall–Kier alpha value is -1.12. The smallest absolute Gasteiger partial charge is 0.164 e. The number of nitrogens with zero attached hydrogens (tertiary/aromatic N) is 2. The third-order valence-electron chi connectivity index (χ3n) is 2.94. The molecule has 0 amide bonds. The van der Waals surface area contributed by atoms with Gasteiger partial charge in [-0.3, -0.25) is 4.98 Å². The monoisotopic (exact) mass is 284 g/mol. The van der Waals surface area contributed by atoms with Gasteiger partial charge in [0.05, 0.1) is 24.0 Å². The van der Waals surface area contributed by atoms with Crippen LogP contribution in [0.5, 0.6) is 0 Å². The molecule has 0 N–H and O–H groups in total. The molecule has 0 radical (unpaired) electrons. The fraction of sp³-hybridized carbons (Fsp3) is 0.333. The third-order valence-corrected chi connectivity index (χ3v) is 6.40. The Bertz CT molecular complexity index is 589. The summed E-state index contributed by atoms with van der Waals surface area (Å²) in [5, 5.41) is 1.02. The lowest BCUT2D eigenvalue weighted by Crippen LogP contribution is -2.09. The summed E-state index contributed by atoms with van der Waals surface area (Å²) < 4.78 is 18.2. The zero-order valence-electron chi connectivity index (χ0n) is 10.3. The molecular formula is C12H14ClN2O2P. The Labute approximate surface area is 111 Å². The summed E-state index contributed by atoms with van der Waals surface area (Å²) in [5.74, 6) is 0.511. The van der Waals surface area contributed by atoms with E-state index in [0.29, 0.717) is 23.8 Å². The lowest BCUT2D eigenvalue weighted by Gasteiger charge is -2.13. The highest BCUT2D eigenvalue weighted by Gasteiger charge is 2.27. The molecule has 0 fully saturated rings. The van der Waals surface area contributed by atoms with Gasteiger partial charge in [0.15, 0.2) is 5.76 Å². The van der Waals surface area contributed by atoms with Gasteiger partial charge in [0, 0.05) is 12.3 Å². The van der Waals surface area contributed by atoms with Crippen LogP contribution in [0.2, 0.25) is 5.15 Å². The normalized spacial score (nSPS) is 11.7. The van der Waals surface area contributed by atoms with Gasteiger partial charge in [-0.1, -0.05) is 25.4 Å². The van der Waals surface area contributed by atoms with Crippen molar-refractivity contribution in [2.75, 3.05) is 12.3 Å². The number of aromatic nitrogens is 2. The fourth-order valence-electron chi connectivity index (χ4n) is 1.83. The van der Waals surface area contributed by atoms with E-state index < -0.39 is 7.14 Å². The molecule has 0 bridgehead atoms. The molecule has 96 valence electrons. The van der Waals surface area contributed by atoms with Gasteiger partial charge in [-0.2, -0.15) is 0 Å². The van der Waals surface area contributed by atoms with E-state index in [1.807, 2.05) is 13.8 Å². The first kappa shape index (κ1) is 13.3. The molecule has 0 atom stereocenters. The predicted octanol–water partition coefficient (Wildman–Crippen LogP) is 3.42. The van der Waals surface area contributed by atoms with Crippen molar-refractivity contribution in [2.24, 2.45) is 0 Å². The largest absolute Gasteiger partial charge is 0.462 e. The second kappa shape index (κ2) is 5.25. The van der Waals surface area contributed by atoms with E-state index in [9.17, 15) is 4.57 Å². The van der Waals surface area contributed by atoms with Crippen molar-refractivity contribution in [3.8, 4) is 11.5 Å². The summed E-state index contributed by atoms with van der Waals surface area (Å²) in [6.45, 7) is 3.84. The summed E-state index contributed by atoms with van der Waals surface area (Å²) in [7, 11) is -2.41. The second-order valence-electron chi connectivity index (χ2n) is 3.88. The van der Waals surface area contributed by atoms with Crippen molar-refractivity contribution in [1.82, 2.24) is 9.97 Å². The maximum absolute atomic E-state index is 12.8. The summed E-state index contributed by atoms with van der Waals surface area (Å²) in [6.07, 6.45) is 5.75. The van der Waals surface area contributed by atoms with Crippen LogP contribution in [-0.2, 0) is 4.57 Å². The highest BCUT2D eigenvalue weighted by Crippen LogP contribution is 2.46. The van der Waals surface area contributed by atoms with Gasteiger partial charge in [-0.25, -0.2) is 4.98 Å². The maximum atomic E-state index is 12.8. The van der Waals surface area contributed by atoms with Gasteiger partial charge in [0.25, 0.3) is 0 Å². The van der Waals surface area contributed by atoms with Crippen molar-refractivity contribution in [3.63, 3.8) is 0 Å². The zero-order valence-corrected chi connectivity index (χ0v) is 11.9. The molecule has 2 aromatic heterocycles. The van der Waals surface area contributed by atoms with Crippen LogP contribution in [-0.4, -0.2) is 22.3 Å². The minimum Gasteiger partial charge on any atom is -0.462 e. The number of furan rings is 1. The third kappa shape index (κ3) is 2.36. The number of hydrogen-bond acceptors (Lipinski definition) is 4. The first-order valence-corrected chi connectivity index (χ1v) is 8.20. The first-order chi connectivity index (χ1) is 8.60. The lowest BCUT2D eigenvalue weighted by atomic mass is 10.3. The van der Waals surface area contributed by atoms with E-state index in [4.69, 9.17) is 16.0 Å². The first-order valence-electron chi connectivity index (χ1n) is 5.74. The molecule has 18 heavy (non-hydrogen) atoms. The van der Waals surface area contributed by atoms with Gasteiger partial charge in [-0.05, 0) is 6.07 Å². The SMILES string of the molecule is CCP(=O)(CC)c1ccoc1-c1cncc(Cl)n1. The van der Waals surface area contributed by atoms with Gasteiger partial charge in [0.1, 0.15) is 18.0 Å². The molecule has 4 nitrogen and oxygen atoms in total. The van der Waals surface area contributed by atoms with Gasteiger partial charge in [0.2, 0.25) is 0 Å². The van der Waals surface area contributed by atoms with Crippen LogP contribution in [0.3, 0.4) is 0 Å². The van der Waals surface area contributed by atoms with Crippen LogP contribution in [0.25, 0.3) is 11.5 Å². The van der Waals surface area contributed by atoms with Gasteiger partial charge in [-0.15, -0.1) is 0 Å². The molecule has 2 rings (SSSR count). The number of hydrogen-bond donors (Lipinski definition) is 0. The van der Waals surface area contributed by atoms with Crippen LogP contribution in [0.4, 0.5) is 0 Å². The van der Waals surface area contributed by atoms with E-state index in [2.05, 4.69) is 9.97 Å². The van der Waals surface area contributed by atoms with E-state index >= 15 is 0 Å². The summed E-state index contributed by atoms with van der Waals surface area (Å²) >= 11 is 5.81. The van der Waals surface area contributed by atoms with Gasteiger partial charge < -0.3 is 8.98 Å². The highest BCUT2D eigenvalue weighted by atomic mass is 35.5. The molecule has 0 unspecified atom stereocenters. The predicted molar refractivity (Wildman–Crippen MR) is 73.1 cm³/mol. The average Bonchev–Trinajstić information content (AvgIpc) is 2.87.